The van der Waals surface area contributed by atoms with Crippen molar-refractivity contribution in [2.24, 2.45) is 0 Å². The van der Waals surface area contributed by atoms with Gasteiger partial charge < -0.3 is 0 Å². The summed E-state index contributed by atoms with van der Waals surface area (Å²) >= 11 is 0. The van der Waals surface area contributed by atoms with Crippen molar-refractivity contribution < 1.29 is 0 Å². The minimum absolute atomic E-state index is 0.103. The van der Waals surface area contributed by atoms with Crippen LogP contribution in [-0.4, -0.2) is 0 Å². The molecule has 6 rings (SSSR count). The first kappa shape index (κ1) is 17.7. The Morgan fingerprint density at radius 2 is 1.43 bits per heavy atom. The highest BCUT2D eigenvalue weighted by Crippen LogP contribution is 2.42. The van der Waals surface area contributed by atoms with Crippen LogP contribution in [0.25, 0.3) is 27.1 Å². The topological polar surface area (TPSA) is 0 Å². The van der Waals surface area contributed by atoms with Gasteiger partial charge in [0, 0.05) is 5.92 Å². The molecule has 0 saturated heterocycles. The number of hydrogen-bond acceptors (Lipinski definition) is 0. The molecule has 2 aliphatic carbocycles. The standard InChI is InChI=1S/C30H25/c1-20(23-13-6-10-21-8-2-4-11-25(21)23)24-14-7-15-27-28(24)18-19-29-26-12-5-3-9-22(26)16-17-30(27)29/h2,4-8,10-15,18-20H,1,3,9,16-17H2. The Bertz CT molecular complexity index is 1340. The van der Waals surface area contributed by atoms with E-state index in [0.717, 1.165) is 6.42 Å². The van der Waals surface area contributed by atoms with Gasteiger partial charge in [0.25, 0.3) is 0 Å². The Balaban J connectivity index is 1.53. The van der Waals surface area contributed by atoms with E-state index in [4.69, 9.17) is 0 Å². The third kappa shape index (κ3) is 2.67. The summed E-state index contributed by atoms with van der Waals surface area (Å²) in [6, 6.07) is 26.7. The van der Waals surface area contributed by atoms with Crippen LogP contribution in [0, 0.1) is 6.92 Å². The van der Waals surface area contributed by atoms with Crippen molar-refractivity contribution in [3.05, 3.63) is 120 Å². The molecular formula is C30H25. The normalized spacial score (nSPS) is 16.6. The maximum absolute atomic E-state index is 4.64. The van der Waals surface area contributed by atoms with Gasteiger partial charge in [-0.15, -0.1) is 0 Å². The molecule has 0 heterocycles. The van der Waals surface area contributed by atoms with Gasteiger partial charge in [-0.3, -0.25) is 0 Å². The van der Waals surface area contributed by atoms with E-state index in [-0.39, 0.29) is 5.92 Å². The molecule has 145 valence electrons. The SMILES string of the molecule is [CH2]C(c1cccc2ccccc12)c1cccc2c3c(ccc12)C1=C(CCC=C1)CC3. The lowest BCUT2D eigenvalue weighted by molar-refractivity contribution is 0.831. The summed E-state index contributed by atoms with van der Waals surface area (Å²) in [6.45, 7) is 4.64. The maximum Gasteiger partial charge on any atom is 0.0102 e. The first-order valence-electron chi connectivity index (χ1n) is 11.1. The second-order valence-corrected chi connectivity index (χ2v) is 8.61. The van der Waals surface area contributed by atoms with E-state index in [9.17, 15) is 0 Å². The van der Waals surface area contributed by atoms with E-state index in [0.29, 0.717) is 0 Å². The van der Waals surface area contributed by atoms with Gasteiger partial charge in [0.15, 0.2) is 0 Å². The Kier molecular flexibility index (Phi) is 4.13. The Morgan fingerprint density at radius 1 is 0.667 bits per heavy atom. The van der Waals surface area contributed by atoms with Crippen molar-refractivity contribution in [3.63, 3.8) is 0 Å². The second kappa shape index (κ2) is 6.99. The van der Waals surface area contributed by atoms with Crippen LogP contribution in [0.2, 0.25) is 0 Å². The number of allylic oxidation sites excluding steroid dienone is 4. The third-order valence-electron chi connectivity index (χ3n) is 7.03. The highest BCUT2D eigenvalue weighted by atomic mass is 14.3. The zero-order valence-electron chi connectivity index (χ0n) is 17.2. The van der Waals surface area contributed by atoms with Crippen molar-refractivity contribution in [2.45, 2.75) is 31.6 Å². The molecule has 0 heteroatoms. The lowest BCUT2D eigenvalue weighted by Gasteiger charge is -2.26. The molecule has 4 aromatic carbocycles. The zero-order valence-corrected chi connectivity index (χ0v) is 17.2. The van der Waals surface area contributed by atoms with Crippen LogP contribution in [0.1, 0.15) is 47.4 Å². The predicted octanol–water partition coefficient (Wildman–Crippen LogP) is 8.01. The predicted molar refractivity (Wildman–Crippen MR) is 129 cm³/mol. The Morgan fingerprint density at radius 3 is 2.37 bits per heavy atom. The van der Waals surface area contributed by atoms with Crippen LogP contribution in [0.4, 0.5) is 0 Å². The average molecular weight is 386 g/mol. The smallest absolute Gasteiger partial charge is 0.0102 e. The van der Waals surface area contributed by atoms with Gasteiger partial charge in [-0.25, -0.2) is 0 Å². The van der Waals surface area contributed by atoms with Crippen LogP contribution < -0.4 is 0 Å². The van der Waals surface area contributed by atoms with E-state index in [1.807, 2.05) is 0 Å². The molecule has 0 nitrogen and oxygen atoms in total. The summed E-state index contributed by atoms with van der Waals surface area (Å²) in [5.41, 5.74) is 8.72. The van der Waals surface area contributed by atoms with Crippen LogP contribution in [0.15, 0.2) is 90.5 Å². The first-order chi connectivity index (χ1) is 14.8. The van der Waals surface area contributed by atoms with Gasteiger partial charge in [0.1, 0.15) is 0 Å². The van der Waals surface area contributed by atoms with Gasteiger partial charge >= 0.3 is 0 Å². The number of fused-ring (bicyclic) bond motifs is 5. The van der Waals surface area contributed by atoms with Crippen molar-refractivity contribution in [1.82, 2.24) is 0 Å². The number of hydrogen-bond donors (Lipinski definition) is 0. The van der Waals surface area contributed by atoms with Gasteiger partial charge in [-0.2, -0.15) is 0 Å². The molecule has 0 fully saturated rings. The summed E-state index contributed by atoms with van der Waals surface area (Å²) < 4.78 is 0. The molecule has 30 heavy (non-hydrogen) atoms. The van der Waals surface area contributed by atoms with Gasteiger partial charge in [-0.05, 0) is 82.0 Å². The minimum atomic E-state index is 0.103. The molecule has 1 atom stereocenters. The lowest BCUT2D eigenvalue weighted by atomic mass is 9.78. The minimum Gasteiger partial charge on any atom is -0.0836 e. The fourth-order valence-corrected chi connectivity index (χ4v) is 5.52. The monoisotopic (exact) mass is 385 g/mol. The number of rotatable bonds is 2. The molecule has 1 unspecified atom stereocenters. The molecular weight excluding hydrogens is 360 g/mol. The molecule has 0 saturated carbocycles. The summed E-state index contributed by atoms with van der Waals surface area (Å²) in [7, 11) is 0. The summed E-state index contributed by atoms with van der Waals surface area (Å²) in [5.74, 6) is 0.103. The maximum atomic E-state index is 4.64. The number of benzene rings is 4. The van der Waals surface area contributed by atoms with Gasteiger partial charge in [0.2, 0.25) is 0 Å². The van der Waals surface area contributed by atoms with Crippen molar-refractivity contribution >= 4 is 27.1 Å². The average Bonchev–Trinajstić information content (AvgIpc) is 2.82. The Labute approximate surface area is 178 Å². The first-order valence-corrected chi connectivity index (χ1v) is 11.1. The molecule has 2 aliphatic rings. The highest BCUT2D eigenvalue weighted by Gasteiger charge is 2.22. The largest absolute Gasteiger partial charge is 0.0836 e. The summed E-state index contributed by atoms with van der Waals surface area (Å²) in [6.07, 6.45) is 9.46. The molecule has 0 amide bonds. The summed E-state index contributed by atoms with van der Waals surface area (Å²) in [4.78, 5) is 0. The van der Waals surface area contributed by atoms with E-state index < -0.39 is 0 Å². The lowest BCUT2D eigenvalue weighted by Crippen LogP contribution is -2.08. The molecule has 1 radical (unpaired) electrons. The zero-order chi connectivity index (χ0) is 20.1. The van der Waals surface area contributed by atoms with E-state index >= 15 is 0 Å². The van der Waals surface area contributed by atoms with Crippen molar-refractivity contribution in [3.8, 4) is 0 Å². The van der Waals surface area contributed by atoms with E-state index in [2.05, 4.69) is 91.9 Å². The number of aryl methyl sites for hydroxylation is 1. The van der Waals surface area contributed by atoms with Crippen LogP contribution in [-0.2, 0) is 6.42 Å². The summed E-state index contributed by atoms with van der Waals surface area (Å²) in [5, 5.41) is 5.35. The molecule has 4 aromatic rings. The molecule has 0 aromatic heterocycles. The van der Waals surface area contributed by atoms with Crippen molar-refractivity contribution in [2.75, 3.05) is 0 Å². The molecule has 0 bridgehead atoms. The fourth-order valence-electron chi connectivity index (χ4n) is 5.52. The van der Waals surface area contributed by atoms with E-state index in [1.165, 1.54) is 68.6 Å². The van der Waals surface area contributed by atoms with Crippen LogP contribution in [0.5, 0.6) is 0 Å². The van der Waals surface area contributed by atoms with Gasteiger partial charge in [-0.1, -0.05) is 90.5 Å². The fraction of sp³-hybridized carbons (Fsp3) is 0.167. The van der Waals surface area contributed by atoms with Crippen LogP contribution >= 0.6 is 0 Å². The quantitative estimate of drug-likeness (QED) is 0.328. The van der Waals surface area contributed by atoms with E-state index in [1.54, 1.807) is 5.57 Å². The molecule has 0 N–H and O–H groups in total. The second-order valence-electron chi connectivity index (χ2n) is 8.61. The molecule has 0 spiro atoms. The Hall–Kier alpha value is -3.12. The van der Waals surface area contributed by atoms with Gasteiger partial charge in [0.05, 0.1) is 0 Å². The molecule has 0 aliphatic heterocycles. The van der Waals surface area contributed by atoms with Crippen LogP contribution in [0.3, 0.4) is 0 Å². The third-order valence-corrected chi connectivity index (χ3v) is 7.03. The highest BCUT2D eigenvalue weighted by molar-refractivity contribution is 5.96. The van der Waals surface area contributed by atoms with Crippen molar-refractivity contribution in [1.29, 1.82) is 0 Å².